The smallest absolute Gasteiger partial charge is 0.426 e. The Morgan fingerprint density at radius 1 is 0.632 bits per heavy atom. The molecule has 0 saturated carbocycles. The fourth-order valence-electron chi connectivity index (χ4n) is 5.10. The number of aromatic nitrogens is 1. The lowest BCUT2D eigenvalue weighted by atomic mass is 10.1. The summed E-state index contributed by atoms with van der Waals surface area (Å²) < 4.78 is 43.3. The number of nitrogens with zero attached hydrogens (tertiary/aromatic N) is 1. The molecule has 0 unspecified atom stereocenters. The molecule has 0 aliphatic heterocycles. The molecule has 5 amide bonds. The second-order valence-electron chi connectivity index (χ2n) is 19.1. The van der Waals surface area contributed by atoms with Gasteiger partial charge in [0.1, 0.15) is 40.0 Å². The predicted molar refractivity (Wildman–Crippen MR) is 250 cm³/mol. The van der Waals surface area contributed by atoms with E-state index in [9.17, 15) is 33.6 Å². The Kier molecular flexibility index (Phi) is 27.3. The molecule has 22 nitrogen and oxygen atoms in total. The van der Waals surface area contributed by atoms with Gasteiger partial charge in [0.2, 0.25) is 5.91 Å². The van der Waals surface area contributed by atoms with E-state index >= 15 is 0 Å². The van der Waals surface area contributed by atoms with Crippen LogP contribution in [0, 0.1) is 0 Å². The van der Waals surface area contributed by atoms with Gasteiger partial charge in [0.05, 0.1) is 64.8 Å². The number of rotatable bonds is 29. The molecule has 0 spiro atoms. The zero-order valence-corrected chi connectivity index (χ0v) is 42.1. The van der Waals surface area contributed by atoms with Gasteiger partial charge in [0.25, 0.3) is 5.91 Å². The van der Waals surface area contributed by atoms with E-state index in [1.165, 1.54) is 12.3 Å². The van der Waals surface area contributed by atoms with Gasteiger partial charge in [-0.2, -0.15) is 0 Å². The summed E-state index contributed by atoms with van der Waals surface area (Å²) in [6, 6.07) is 1.12. The maximum atomic E-state index is 13.1. The standard InChI is InChI=1S/C46H77N7O15/c1-43(2,3)65-37(55)19-17-34(40(58)67-45(7,8)9)51-41(59)50-33(39(57)66-44(4,5)6)15-13-14-21-47-36(54)20-23-61-25-27-63-29-30-64-28-26-62-24-22-48-38(56)32-16-18-35(49-31-32)52-53-42(60)68-46(10,11)12/h16-18,31,33H,13-15,19-30H2,1-12H3,(H,47,54)(H,48,56)(H,49,52)(H,53,60)(H2,50,51,59)/b34-17+/t33-/m0/s1. The van der Waals surface area contributed by atoms with E-state index in [1.54, 1.807) is 95.2 Å². The minimum Gasteiger partial charge on any atom is -0.460 e. The van der Waals surface area contributed by atoms with Crippen molar-refractivity contribution in [1.82, 2.24) is 31.7 Å². The first-order valence-electron chi connectivity index (χ1n) is 22.6. The van der Waals surface area contributed by atoms with Crippen LogP contribution < -0.4 is 32.1 Å². The van der Waals surface area contributed by atoms with E-state index in [1.807, 2.05) is 0 Å². The van der Waals surface area contributed by atoms with Gasteiger partial charge in [-0.05, 0) is 121 Å². The number of unbranched alkanes of at least 4 members (excludes halogenated alkanes) is 1. The van der Waals surface area contributed by atoms with Crippen LogP contribution in [-0.2, 0) is 57.1 Å². The Morgan fingerprint density at radius 2 is 1.19 bits per heavy atom. The molecule has 1 atom stereocenters. The maximum absolute atomic E-state index is 13.1. The normalized spacial score (nSPS) is 12.5. The zero-order valence-electron chi connectivity index (χ0n) is 42.1. The minimum atomic E-state index is -1.09. The fraction of sp³-hybridized carbons (Fsp3) is 0.696. The molecule has 0 bridgehead atoms. The molecule has 0 aliphatic carbocycles. The number of urea groups is 1. The highest BCUT2D eigenvalue weighted by molar-refractivity contribution is 5.95. The van der Waals surface area contributed by atoms with Crippen molar-refractivity contribution >= 4 is 47.7 Å². The number of hydrazine groups is 1. The number of esters is 3. The van der Waals surface area contributed by atoms with Crippen molar-refractivity contribution in [3.63, 3.8) is 0 Å². The van der Waals surface area contributed by atoms with Crippen LogP contribution >= 0.6 is 0 Å². The van der Waals surface area contributed by atoms with Gasteiger partial charge >= 0.3 is 30.0 Å². The van der Waals surface area contributed by atoms with Crippen molar-refractivity contribution in [1.29, 1.82) is 0 Å². The highest BCUT2D eigenvalue weighted by Crippen LogP contribution is 2.15. The van der Waals surface area contributed by atoms with Gasteiger partial charge < -0.3 is 59.2 Å². The summed E-state index contributed by atoms with van der Waals surface area (Å²) in [5.74, 6) is -2.40. The van der Waals surface area contributed by atoms with Crippen molar-refractivity contribution in [3.8, 4) is 0 Å². The van der Waals surface area contributed by atoms with Crippen LogP contribution in [0.1, 0.15) is 126 Å². The first kappa shape index (κ1) is 60.4. The van der Waals surface area contributed by atoms with Gasteiger partial charge in [-0.3, -0.25) is 19.8 Å². The molecule has 1 heterocycles. The van der Waals surface area contributed by atoms with Crippen LogP contribution in [0.25, 0.3) is 0 Å². The van der Waals surface area contributed by atoms with Crippen LogP contribution in [0.3, 0.4) is 0 Å². The second kappa shape index (κ2) is 30.7. The first-order chi connectivity index (χ1) is 31.6. The molecular formula is C46H77N7O15. The fourth-order valence-corrected chi connectivity index (χ4v) is 5.10. The van der Waals surface area contributed by atoms with Crippen LogP contribution in [0.4, 0.5) is 15.4 Å². The van der Waals surface area contributed by atoms with E-state index < -0.39 is 58.5 Å². The van der Waals surface area contributed by atoms with Crippen molar-refractivity contribution in [3.05, 3.63) is 35.7 Å². The third-order valence-electron chi connectivity index (χ3n) is 7.84. The number of carbonyl (C=O) groups excluding carboxylic acids is 7. The number of carbonyl (C=O) groups is 7. The lowest BCUT2D eigenvalue weighted by Crippen LogP contribution is -2.48. The van der Waals surface area contributed by atoms with Crippen molar-refractivity contribution in [2.45, 2.75) is 144 Å². The van der Waals surface area contributed by atoms with E-state index in [0.29, 0.717) is 63.8 Å². The Bertz CT molecular complexity index is 1760. The van der Waals surface area contributed by atoms with Crippen LogP contribution in [0.5, 0.6) is 0 Å². The summed E-state index contributed by atoms with van der Waals surface area (Å²) >= 11 is 0. The average molecular weight is 968 g/mol. The summed E-state index contributed by atoms with van der Waals surface area (Å²) in [7, 11) is 0. The number of pyridine rings is 1. The van der Waals surface area contributed by atoms with Crippen molar-refractivity contribution < 1.29 is 71.5 Å². The second-order valence-corrected chi connectivity index (χ2v) is 19.1. The summed E-state index contributed by atoms with van der Waals surface area (Å²) in [6.07, 6.45) is 2.80. The molecule has 0 aromatic carbocycles. The Balaban J connectivity index is 2.27. The lowest BCUT2D eigenvalue weighted by Gasteiger charge is -2.25. The first-order valence-corrected chi connectivity index (χ1v) is 22.6. The van der Waals surface area contributed by atoms with Crippen LogP contribution in [-0.4, -0.2) is 141 Å². The van der Waals surface area contributed by atoms with Gasteiger partial charge in [0.15, 0.2) is 0 Å². The zero-order chi connectivity index (χ0) is 51.4. The number of hydrogen-bond donors (Lipinski definition) is 6. The van der Waals surface area contributed by atoms with Crippen LogP contribution in [0.15, 0.2) is 30.1 Å². The number of nitrogens with one attached hydrogen (secondary N) is 6. The molecule has 1 aromatic rings. The highest BCUT2D eigenvalue weighted by atomic mass is 16.6. The Labute approximate surface area is 400 Å². The summed E-state index contributed by atoms with van der Waals surface area (Å²) in [5, 5.41) is 10.5. The highest BCUT2D eigenvalue weighted by Gasteiger charge is 2.29. The molecular weight excluding hydrogens is 891 g/mol. The summed E-state index contributed by atoms with van der Waals surface area (Å²) in [4.78, 5) is 91.9. The molecule has 1 rings (SSSR count). The van der Waals surface area contributed by atoms with E-state index in [-0.39, 0.29) is 63.1 Å². The third kappa shape index (κ3) is 33.0. The molecule has 68 heavy (non-hydrogen) atoms. The molecule has 0 saturated heterocycles. The van der Waals surface area contributed by atoms with Gasteiger partial charge in [-0.15, -0.1) is 0 Å². The molecule has 0 fully saturated rings. The van der Waals surface area contributed by atoms with Gasteiger partial charge in [-0.1, -0.05) is 0 Å². The molecule has 1 aromatic heterocycles. The SMILES string of the molecule is CC(C)(C)OC(=O)C/C=C(/NC(=O)N[C@@H](CCCCNC(=O)CCOCCOCCOCCOCCNC(=O)c1ccc(NNC(=O)OC(C)(C)C)nc1)C(=O)OC(C)(C)C)C(=O)OC(C)(C)C. The van der Waals surface area contributed by atoms with Gasteiger partial charge in [-0.25, -0.2) is 29.6 Å². The van der Waals surface area contributed by atoms with Crippen LogP contribution in [0.2, 0.25) is 0 Å². The quantitative estimate of drug-likeness (QED) is 0.0214. The lowest BCUT2D eigenvalue weighted by molar-refractivity contribution is -0.157. The molecule has 6 N–H and O–H groups in total. The monoisotopic (exact) mass is 968 g/mol. The van der Waals surface area contributed by atoms with E-state index in [0.717, 1.165) is 0 Å². The Morgan fingerprint density at radius 3 is 1.74 bits per heavy atom. The van der Waals surface area contributed by atoms with Crippen molar-refractivity contribution in [2.75, 3.05) is 71.4 Å². The van der Waals surface area contributed by atoms with Crippen molar-refractivity contribution in [2.24, 2.45) is 0 Å². The topological polar surface area (TPSA) is 278 Å². The predicted octanol–water partition coefficient (Wildman–Crippen LogP) is 4.37. The third-order valence-corrected chi connectivity index (χ3v) is 7.84. The molecule has 0 radical (unpaired) electrons. The summed E-state index contributed by atoms with van der Waals surface area (Å²) in [5.41, 5.74) is 1.87. The number of ether oxygens (including phenoxy) is 8. The number of hydrogen-bond acceptors (Lipinski definition) is 17. The molecule has 22 heteroatoms. The summed E-state index contributed by atoms with van der Waals surface area (Å²) in [6.45, 7) is 23.4. The average Bonchev–Trinajstić information content (AvgIpc) is 3.19. The van der Waals surface area contributed by atoms with E-state index in [4.69, 9.17) is 37.9 Å². The van der Waals surface area contributed by atoms with Gasteiger partial charge in [0, 0.05) is 25.7 Å². The largest absolute Gasteiger partial charge is 0.460 e. The molecule has 386 valence electrons. The number of anilines is 1. The molecule has 0 aliphatic rings. The number of amides is 5. The minimum absolute atomic E-state index is 0.134. The maximum Gasteiger partial charge on any atom is 0.426 e. The van der Waals surface area contributed by atoms with E-state index in [2.05, 4.69) is 37.1 Å². The Hall–Kier alpha value is -5.58.